The molecule has 2 nitrogen and oxygen atoms in total. The van der Waals surface area contributed by atoms with E-state index in [1.165, 1.54) is 6.08 Å². The number of aliphatic hydroxyl groups is 1. The summed E-state index contributed by atoms with van der Waals surface area (Å²) in [6.07, 6.45) is 1.28. The Hall–Kier alpha value is -1.57. The maximum Gasteiger partial charge on any atom is 0.161 e. The van der Waals surface area contributed by atoms with Gasteiger partial charge in [-0.2, -0.15) is 0 Å². The Morgan fingerprint density at radius 3 is 2.36 bits per heavy atom. The molecule has 0 spiro atoms. The molecule has 0 amide bonds. The maximum absolute atomic E-state index is 11.3. The van der Waals surface area contributed by atoms with E-state index in [1.54, 1.807) is 26.0 Å². The number of rotatable bonds is 3. The molecule has 0 atom stereocenters. The summed E-state index contributed by atoms with van der Waals surface area (Å²) in [5.41, 5.74) is 0.668. The Bertz CT molecular complexity index is 337. The minimum atomic E-state index is -0.0825. The third-order valence-corrected chi connectivity index (χ3v) is 1.92. The normalized spacial score (nSPS) is 11.8. The molecule has 0 heterocycles. The van der Waals surface area contributed by atoms with Crippen LogP contribution in [0.25, 0.3) is 5.76 Å². The first-order valence-corrected chi connectivity index (χ1v) is 4.61. The van der Waals surface area contributed by atoms with Crippen LogP contribution in [0.1, 0.15) is 19.4 Å². The zero-order valence-corrected chi connectivity index (χ0v) is 8.40. The first-order chi connectivity index (χ1) is 6.61. The molecule has 0 unspecified atom stereocenters. The molecule has 0 aliphatic heterocycles. The fourth-order valence-electron chi connectivity index (χ4n) is 0.994. The number of benzene rings is 1. The molecule has 1 aromatic carbocycles. The van der Waals surface area contributed by atoms with Gasteiger partial charge in [-0.05, 0) is 0 Å². The maximum atomic E-state index is 11.3. The Balaban J connectivity index is 2.85. The second-order valence-electron chi connectivity index (χ2n) is 3.45. The molecule has 0 aliphatic carbocycles. The molecule has 2 heteroatoms. The second-order valence-corrected chi connectivity index (χ2v) is 3.45. The lowest BCUT2D eigenvalue weighted by molar-refractivity contribution is -0.117. The topological polar surface area (TPSA) is 37.3 Å². The van der Waals surface area contributed by atoms with Crippen molar-refractivity contribution in [2.75, 3.05) is 0 Å². The Morgan fingerprint density at radius 2 is 1.86 bits per heavy atom. The summed E-state index contributed by atoms with van der Waals surface area (Å²) >= 11 is 0. The summed E-state index contributed by atoms with van der Waals surface area (Å²) in [4.78, 5) is 11.3. The van der Waals surface area contributed by atoms with Crippen molar-refractivity contribution in [3.63, 3.8) is 0 Å². The van der Waals surface area contributed by atoms with Crippen molar-refractivity contribution < 1.29 is 9.90 Å². The lowest BCUT2D eigenvalue weighted by Gasteiger charge is -2.01. The van der Waals surface area contributed by atoms with Crippen molar-refractivity contribution in [1.29, 1.82) is 0 Å². The monoisotopic (exact) mass is 190 g/mol. The van der Waals surface area contributed by atoms with Crippen LogP contribution in [0.4, 0.5) is 0 Å². The van der Waals surface area contributed by atoms with E-state index in [-0.39, 0.29) is 17.5 Å². The fourth-order valence-corrected chi connectivity index (χ4v) is 0.994. The van der Waals surface area contributed by atoms with Gasteiger partial charge in [0.1, 0.15) is 5.76 Å². The Labute approximate surface area is 83.9 Å². The lowest BCUT2D eigenvalue weighted by Crippen LogP contribution is -2.03. The summed E-state index contributed by atoms with van der Waals surface area (Å²) in [6.45, 7) is 3.61. The first-order valence-electron chi connectivity index (χ1n) is 4.61. The van der Waals surface area contributed by atoms with Crippen LogP contribution in [0.5, 0.6) is 0 Å². The quantitative estimate of drug-likeness (QED) is 0.587. The molecular weight excluding hydrogens is 176 g/mol. The molecule has 0 bridgehead atoms. The lowest BCUT2D eigenvalue weighted by atomic mass is 10.1. The number of carbonyl (C=O) groups is 1. The molecule has 1 rings (SSSR count). The highest BCUT2D eigenvalue weighted by Gasteiger charge is 2.06. The second kappa shape index (κ2) is 4.61. The molecule has 0 radical (unpaired) electrons. The number of hydrogen-bond acceptors (Lipinski definition) is 2. The van der Waals surface area contributed by atoms with Crippen LogP contribution in [0.2, 0.25) is 0 Å². The summed E-state index contributed by atoms with van der Waals surface area (Å²) in [7, 11) is 0. The van der Waals surface area contributed by atoms with E-state index in [9.17, 15) is 9.90 Å². The van der Waals surface area contributed by atoms with E-state index < -0.39 is 0 Å². The van der Waals surface area contributed by atoms with Crippen molar-refractivity contribution >= 4 is 11.5 Å². The molecule has 14 heavy (non-hydrogen) atoms. The van der Waals surface area contributed by atoms with E-state index in [4.69, 9.17) is 0 Å². The first kappa shape index (κ1) is 10.5. The van der Waals surface area contributed by atoms with Crippen molar-refractivity contribution in [2.45, 2.75) is 13.8 Å². The Morgan fingerprint density at radius 1 is 1.29 bits per heavy atom. The summed E-state index contributed by atoms with van der Waals surface area (Å²) < 4.78 is 0. The van der Waals surface area contributed by atoms with Gasteiger partial charge in [-0.25, -0.2) is 0 Å². The molecule has 1 N–H and O–H groups in total. The molecule has 0 saturated heterocycles. The van der Waals surface area contributed by atoms with Gasteiger partial charge in [0.2, 0.25) is 0 Å². The molecule has 0 aliphatic rings. The third kappa shape index (κ3) is 2.73. The predicted molar refractivity (Wildman–Crippen MR) is 56.9 cm³/mol. The molecule has 74 valence electrons. The number of ketones is 1. The van der Waals surface area contributed by atoms with Gasteiger partial charge in [-0.1, -0.05) is 44.2 Å². The van der Waals surface area contributed by atoms with Crippen LogP contribution in [0.3, 0.4) is 0 Å². The smallest absolute Gasteiger partial charge is 0.161 e. The standard InChI is InChI=1S/C12H14O2/c1-9(2)11(13)8-12(14)10-6-4-3-5-7-10/h3-9,14H,1-2H3/b12-8-. The third-order valence-electron chi connectivity index (χ3n) is 1.92. The van der Waals surface area contributed by atoms with Crippen molar-refractivity contribution in [3.05, 3.63) is 42.0 Å². The number of allylic oxidation sites excluding steroid dienone is 1. The van der Waals surface area contributed by atoms with Crippen LogP contribution < -0.4 is 0 Å². The highest BCUT2D eigenvalue weighted by molar-refractivity contribution is 5.96. The molecule has 0 saturated carbocycles. The van der Waals surface area contributed by atoms with Gasteiger partial charge in [-0.3, -0.25) is 4.79 Å². The average Bonchev–Trinajstić information content (AvgIpc) is 2.19. The van der Waals surface area contributed by atoms with E-state index >= 15 is 0 Å². The predicted octanol–water partition coefficient (Wildman–Crippen LogP) is 2.81. The highest BCUT2D eigenvalue weighted by atomic mass is 16.3. The molecule has 0 fully saturated rings. The van der Waals surface area contributed by atoms with Gasteiger partial charge >= 0.3 is 0 Å². The zero-order chi connectivity index (χ0) is 10.6. The van der Waals surface area contributed by atoms with Crippen molar-refractivity contribution in [3.8, 4) is 0 Å². The summed E-state index contributed by atoms with van der Waals surface area (Å²) in [6, 6.07) is 9.03. The van der Waals surface area contributed by atoms with Gasteiger partial charge in [0, 0.05) is 17.6 Å². The van der Waals surface area contributed by atoms with Crippen LogP contribution in [0, 0.1) is 5.92 Å². The molecule has 1 aromatic rings. The van der Waals surface area contributed by atoms with Gasteiger partial charge in [-0.15, -0.1) is 0 Å². The zero-order valence-electron chi connectivity index (χ0n) is 8.40. The average molecular weight is 190 g/mol. The van der Waals surface area contributed by atoms with Crippen LogP contribution >= 0.6 is 0 Å². The number of carbonyl (C=O) groups excluding carboxylic acids is 1. The highest BCUT2D eigenvalue weighted by Crippen LogP contribution is 2.11. The van der Waals surface area contributed by atoms with Gasteiger partial charge < -0.3 is 5.11 Å². The summed E-state index contributed by atoms with van der Waals surface area (Å²) in [5.74, 6) is -0.114. The molecule has 0 aromatic heterocycles. The minimum Gasteiger partial charge on any atom is -0.507 e. The van der Waals surface area contributed by atoms with E-state index in [0.29, 0.717) is 5.56 Å². The van der Waals surface area contributed by atoms with Crippen LogP contribution in [-0.4, -0.2) is 10.9 Å². The van der Waals surface area contributed by atoms with Crippen LogP contribution in [-0.2, 0) is 4.79 Å². The van der Waals surface area contributed by atoms with Gasteiger partial charge in [0.15, 0.2) is 5.78 Å². The minimum absolute atomic E-state index is 0.0318. The van der Waals surface area contributed by atoms with Crippen molar-refractivity contribution in [1.82, 2.24) is 0 Å². The van der Waals surface area contributed by atoms with Crippen molar-refractivity contribution in [2.24, 2.45) is 5.92 Å². The Kier molecular flexibility index (Phi) is 3.46. The summed E-state index contributed by atoms with van der Waals surface area (Å²) in [5, 5.41) is 9.58. The van der Waals surface area contributed by atoms with Gasteiger partial charge in [0.05, 0.1) is 0 Å². The molecular formula is C12H14O2. The van der Waals surface area contributed by atoms with E-state index in [1.807, 2.05) is 18.2 Å². The largest absolute Gasteiger partial charge is 0.507 e. The van der Waals surface area contributed by atoms with Crippen LogP contribution in [0.15, 0.2) is 36.4 Å². The number of aliphatic hydroxyl groups excluding tert-OH is 1. The SMILES string of the molecule is CC(C)C(=O)/C=C(\O)c1ccccc1. The van der Waals surface area contributed by atoms with E-state index in [0.717, 1.165) is 0 Å². The fraction of sp³-hybridized carbons (Fsp3) is 0.250. The van der Waals surface area contributed by atoms with E-state index in [2.05, 4.69) is 0 Å². The number of hydrogen-bond donors (Lipinski definition) is 1. The van der Waals surface area contributed by atoms with Gasteiger partial charge in [0.25, 0.3) is 0 Å².